The van der Waals surface area contributed by atoms with Crippen LogP contribution in [0.5, 0.6) is 0 Å². The molecule has 5 heteroatoms. The highest BCUT2D eigenvalue weighted by Gasteiger charge is 2.34. The first-order valence-corrected chi connectivity index (χ1v) is 7.20. The summed E-state index contributed by atoms with van der Waals surface area (Å²) in [6.45, 7) is 0.577. The minimum Gasteiger partial charge on any atom is -0.350 e. The van der Waals surface area contributed by atoms with Crippen LogP contribution in [-0.4, -0.2) is 27.8 Å². The number of carbonyl (C=O) groups excluding carboxylic acids is 1. The minimum atomic E-state index is 0.174. The van der Waals surface area contributed by atoms with Crippen molar-refractivity contribution in [2.45, 2.75) is 50.7 Å². The number of amides is 1. The summed E-state index contributed by atoms with van der Waals surface area (Å²) in [6.07, 6.45) is 7.33. The van der Waals surface area contributed by atoms with Crippen molar-refractivity contribution in [3.63, 3.8) is 0 Å². The zero-order valence-electron chi connectivity index (χ0n) is 11.4. The number of aromatic nitrogens is 2. The van der Waals surface area contributed by atoms with Crippen molar-refractivity contribution in [2.75, 3.05) is 0 Å². The molecule has 2 aliphatic heterocycles. The van der Waals surface area contributed by atoms with E-state index in [1.807, 2.05) is 13.1 Å². The Balaban J connectivity index is 1.45. The van der Waals surface area contributed by atoms with E-state index < -0.39 is 0 Å². The van der Waals surface area contributed by atoms with E-state index in [1.54, 1.807) is 10.9 Å². The van der Waals surface area contributed by atoms with E-state index in [0.29, 0.717) is 31.0 Å². The first-order valence-electron chi connectivity index (χ1n) is 7.20. The van der Waals surface area contributed by atoms with Crippen LogP contribution in [0, 0.1) is 5.92 Å². The lowest BCUT2D eigenvalue weighted by Crippen LogP contribution is -2.39. The summed E-state index contributed by atoms with van der Waals surface area (Å²) in [5.74, 6) is 0.734. The zero-order valence-corrected chi connectivity index (χ0v) is 11.4. The summed E-state index contributed by atoms with van der Waals surface area (Å²) in [4.78, 5) is 12.0. The lowest BCUT2D eigenvalue weighted by molar-refractivity contribution is -0.122. The molecule has 2 saturated heterocycles. The SMILES string of the molecule is Cn1nccc1CNC(=O)CC1CC2CCC(C1)N2. The van der Waals surface area contributed by atoms with Crippen molar-refractivity contribution in [1.82, 2.24) is 20.4 Å². The molecule has 2 fully saturated rings. The monoisotopic (exact) mass is 262 g/mol. The maximum Gasteiger partial charge on any atom is 0.220 e. The molecule has 2 atom stereocenters. The topological polar surface area (TPSA) is 59.0 Å². The highest BCUT2D eigenvalue weighted by Crippen LogP contribution is 2.32. The summed E-state index contributed by atoms with van der Waals surface area (Å²) in [6, 6.07) is 3.26. The number of nitrogens with zero attached hydrogens (tertiary/aromatic N) is 2. The van der Waals surface area contributed by atoms with Crippen LogP contribution >= 0.6 is 0 Å². The molecule has 1 aromatic heterocycles. The van der Waals surface area contributed by atoms with Gasteiger partial charge in [-0.15, -0.1) is 0 Å². The summed E-state index contributed by atoms with van der Waals surface area (Å²) in [7, 11) is 1.89. The van der Waals surface area contributed by atoms with Gasteiger partial charge in [0.15, 0.2) is 0 Å². The summed E-state index contributed by atoms with van der Waals surface area (Å²) in [5.41, 5.74) is 1.04. The number of nitrogens with one attached hydrogen (secondary N) is 2. The van der Waals surface area contributed by atoms with Crippen molar-refractivity contribution >= 4 is 5.91 Å². The molecule has 2 unspecified atom stereocenters. The number of piperidine rings is 1. The Morgan fingerprint density at radius 2 is 2.21 bits per heavy atom. The third-order valence-corrected chi connectivity index (χ3v) is 4.43. The van der Waals surface area contributed by atoms with E-state index in [1.165, 1.54) is 12.8 Å². The number of carbonyl (C=O) groups is 1. The molecule has 2 N–H and O–H groups in total. The third kappa shape index (κ3) is 2.97. The molecule has 2 aliphatic rings. The molecule has 104 valence electrons. The van der Waals surface area contributed by atoms with Crippen LogP contribution in [0.1, 0.15) is 37.8 Å². The van der Waals surface area contributed by atoms with Crippen molar-refractivity contribution < 1.29 is 4.79 Å². The second-order valence-corrected chi connectivity index (χ2v) is 5.90. The Hall–Kier alpha value is -1.36. The number of hydrogen-bond donors (Lipinski definition) is 2. The smallest absolute Gasteiger partial charge is 0.220 e. The summed E-state index contributed by atoms with van der Waals surface area (Å²) in [5, 5.41) is 10.7. The van der Waals surface area contributed by atoms with Gasteiger partial charge in [-0.25, -0.2) is 0 Å². The number of rotatable bonds is 4. The molecule has 19 heavy (non-hydrogen) atoms. The fraction of sp³-hybridized carbons (Fsp3) is 0.714. The lowest BCUT2D eigenvalue weighted by atomic mass is 9.89. The number of aryl methyl sites for hydroxylation is 1. The van der Waals surface area contributed by atoms with Crippen LogP contribution in [0.15, 0.2) is 12.3 Å². The van der Waals surface area contributed by atoms with Gasteiger partial charge in [-0.1, -0.05) is 0 Å². The van der Waals surface area contributed by atoms with Crippen LogP contribution < -0.4 is 10.6 Å². The first-order chi connectivity index (χ1) is 9.20. The van der Waals surface area contributed by atoms with Crippen LogP contribution in [0.4, 0.5) is 0 Å². The molecule has 1 amide bonds. The second-order valence-electron chi connectivity index (χ2n) is 5.90. The Bertz CT molecular complexity index is 444. The molecule has 2 bridgehead atoms. The van der Waals surface area contributed by atoms with Gasteiger partial charge in [0, 0.05) is 31.7 Å². The Kier molecular flexibility index (Phi) is 3.55. The molecular weight excluding hydrogens is 240 g/mol. The maximum absolute atomic E-state index is 12.0. The molecule has 0 spiro atoms. The molecule has 0 aliphatic carbocycles. The van der Waals surface area contributed by atoms with Gasteiger partial charge in [0.25, 0.3) is 0 Å². The molecule has 5 nitrogen and oxygen atoms in total. The van der Waals surface area contributed by atoms with Crippen molar-refractivity contribution in [2.24, 2.45) is 13.0 Å². The maximum atomic E-state index is 12.0. The van der Waals surface area contributed by atoms with Crippen molar-refractivity contribution in [1.29, 1.82) is 0 Å². The largest absolute Gasteiger partial charge is 0.350 e. The Morgan fingerprint density at radius 3 is 2.84 bits per heavy atom. The average molecular weight is 262 g/mol. The van der Waals surface area contributed by atoms with Crippen molar-refractivity contribution in [3.8, 4) is 0 Å². The van der Waals surface area contributed by atoms with E-state index in [0.717, 1.165) is 18.5 Å². The van der Waals surface area contributed by atoms with Gasteiger partial charge in [0.2, 0.25) is 5.91 Å². The Morgan fingerprint density at radius 1 is 1.47 bits per heavy atom. The number of hydrogen-bond acceptors (Lipinski definition) is 3. The molecule has 0 aromatic carbocycles. The molecule has 3 heterocycles. The van der Waals surface area contributed by atoms with Gasteiger partial charge in [0.1, 0.15) is 0 Å². The van der Waals surface area contributed by atoms with Crippen LogP contribution in [0.2, 0.25) is 0 Å². The van der Waals surface area contributed by atoms with Crippen LogP contribution in [0.3, 0.4) is 0 Å². The molecule has 0 radical (unpaired) electrons. The van der Waals surface area contributed by atoms with Gasteiger partial charge in [-0.3, -0.25) is 9.48 Å². The highest BCUT2D eigenvalue weighted by molar-refractivity contribution is 5.76. The van der Waals surface area contributed by atoms with Crippen LogP contribution in [0.25, 0.3) is 0 Å². The Labute approximate surface area is 113 Å². The van der Waals surface area contributed by atoms with Gasteiger partial charge < -0.3 is 10.6 Å². The van der Waals surface area contributed by atoms with E-state index in [2.05, 4.69) is 15.7 Å². The van der Waals surface area contributed by atoms with Gasteiger partial charge >= 0.3 is 0 Å². The quantitative estimate of drug-likeness (QED) is 0.849. The molecule has 1 aromatic rings. The second kappa shape index (κ2) is 5.33. The lowest BCUT2D eigenvalue weighted by Gasteiger charge is -2.28. The fourth-order valence-electron chi connectivity index (χ4n) is 3.44. The summed E-state index contributed by atoms with van der Waals surface area (Å²) >= 11 is 0. The van der Waals surface area contributed by atoms with Crippen molar-refractivity contribution in [3.05, 3.63) is 18.0 Å². The minimum absolute atomic E-state index is 0.174. The molecule has 0 saturated carbocycles. The van der Waals surface area contributed by atoms with Gasteiger partial charge in [-0.2, -0.15) is 5.10 Å². The van der Waals surface area contributed by atoms with E-state index in [4.69, 9.17) is 0 Å². The normalized spacial score (nSPS) is 29.4. The van der Waals surface area contributed by atoms with E-state index in [-0.39, 0.29) is 5.91 Å². The predicted octanol–water partition coefficient (Wildman–Crippen LogP) is 0.957. The zero-order chi connectivity index (χ0) is 13.2. The van der Waals surface area contributed by atoms with E-state index >= 15 is 0 Å². The fourth-order valence-corrected chi connectivity index (χ4v) is 3.44. The first kappa shape index (κ1) is 12.7. The third-order valence-electron chi connectivity index (χ3n) is 4.43. The van der Waals surface area contributed by atoms with Gasteiger partial charge in [0.05, 0.1) is 12.2 Å². The predicted molar refractivity (Wildman–Crippen MR) is 72.3 cm³/mol. The average Bonchev–Trinajstić information content (AvgIpc) is 2.93. The van der Waals surface area contributed by atoms with Gasteiger partial charge in [-0.05, 0) is 37.7 Å². The van der Waals surface area contributed by atoms with E-state index in [9.17, 15) is 4.79 Å². The molecule has 3 rings (SSSR count). The highest BCUT2D eigenvalue weighted by atomic mass is 16.1. The number of fused-ring (bicyclic) bond motifs is 2. The van der Waals surface area contributed by atoms with Crippen LogP contribution in [-0.2, 0) is 18.4 Å². The summed E-state index contributed by atoms with van der Waals surface area (Å²) < 4.78 is 1.80. The molecular formula is C14H22N4O. The standard InChI is InChI=1S/C14H22N4O/c1-18-13(4-5-16-18)9-15-14(19)8-10-6-11-2-3-12(7-10)17-11/h4-5,10-12,17H,2-3,6-9H2,1H3,(H,15,19).